The molecule has 3 N–H and O–H groups in total. The van der Waals surface area contributed by atoms with E-state index in [9.17, 15) is 14.7 Å². The summed E-state index contributed by atoms with van der Waals surface area (Å²) in [6.07, 6.45) is 2.77. The first-order valence-corrected chi connectivity index (χ1v) is 11.1. The summed E-state index contributed by atoms with van der Waals surface area (Å²) in [5, 5.41) is 24.1. The van der Waals surface area contributed by atoms with E-state index in [2.05, 4.69) is 10.5 Å². The van der Waals surface area contributed by atoms with E-state index in [0.29, 0.717) is 22.5 Å². The van der Waals surface area contributed by atoms with Gasteiger partial charge in [0.2, 0.25) is 0 Å². The predicted molar refractivity (Wildman–Crippen MR) is 129 cm³/mol. The molecule has 1 aliphatic carbocycles. The number of benzene rings is 3. The van der Waals surface area contributed by atoms with Crippen molar-refractivity contribution in [1.29, 1.82) is 0 Å². The van der Waals surface area contributed by atoms with Gasteiger partial charge in [-0.25, -0.2) is 4.79 Å². The van der Waals surface area contributed by atoms with E-state index in [-0.39, 0.29) is 23.4 Å². The number of rotatable bonds is 5. The molecular weight excluding hydrogens is 434 g/mol. The van der Waals surface area contributed by atoms with Crippen LogP contribution in [-0.2, 0) is 4.79 Å². The molecule has 8 heteroatoms. The van der Waals surface area contributed by atoms with Crippen LogP contribution in [0.15, 0.2) is 71.8 Å². The highest BCUT2D eigenvalue weighted by atomic mass is 16.7. The van der Waals surface area contributed by atoms with Crippen molar-refractivity contribution < 1.29 is 24.5 Å². The zero-order chi connectivity index (χ0) is 23.7. The molecule has 0 spiro atoms. The number of para-hydroxylation sites is 2. The van der Waals surface area contributed by atoms with Gasteiger partial charge in [-0.15, -0.1) is 0 Å². The molecule has 2 aliphatic rings. The standard InChI is InChI=1S/C26H23N3O5/c30-24-19(16-7-5-10-18(15-16)34-26(32)33)12-6-13-21(24)27-28-23-20-11-3-4-14-22(20)29(25(23)31)17-8-1-2-9-17/h3-7,10-15,17,27,30H,1-2,8-9H2,(H,32,33). The quantitative estimate of drug-likeness (QED) is 0.210. The Hall–Kier alpha value is -4.33. The molecular formula is C26H23N3O5. The Bertz CT molecular complexity index is 1300. The maximum atomic E-state index is 13.3. The number of nitrogens with one attached hydrogen (secondary N) is 1. The third kappa shape index (κ3) is 3.94. The molecule has 3 aromatic rings. The van der Waals surface area contributed by atoms with Crippen molar-refractivity contribution in [1.82, 2.24) is 0 Å². The van der Waals surface area contributed by atoms with Crippen LogP contribution >= 0.6 is 0 Å². The number of hydrogen-bond acceptors (Lipinski definition) is 6. The highest BCUT2D eigenvalue weighted by Gasteiger charge is 2.39. The topological polar surface area (TPSA) is 111 Å². The second kappa shape index (κ2) is 8.90. The number of aromatic hydroxyl groups is 1. The van der Waals surface area contributed by atoms with Crippen LogP contribution in [0.4, 0.5) is 16.2 Å². The molecule has 8 nitrogen and oxygen atoms in total. The summed E-state index contributed by atoms with van der Waals surface area (Å²) in [7, 11) is 0. The van der Waals surface area contributed by atoms with Crippen molar-refractivity contribution in [2.75, 3.05) is 10.3 Å². The SMILES string of the molecule is O=C(O)Oc1cccc(-c2cccc(NN=C3C(=O)N(C4CCCC4)c4ccccc43)c2O)c1. The van der Waals surface area contributed by atoms with Gasteiger partial charge in [0, 0.05) is 17.2 Å². The number of carbonyl (C=O) groups excluding carboxylic acids is 1. The summed E-state index contributed by atoms with van der Waals surface area (Å²) < 4.78 is 4.71. The number of phenolic OH excluding ortho intramolecular Hbond substituents is 1. The number of anilines is 2. The predicted octanol–water partition coefficient (Wildman–Crippen LogP) is 5.22. The molecule has 1 heterocycles. The monoisotopic (exact) mass is 457 g/mol. The molecule has 0 bridgehead atoms. The fourth-order valence-corrected chi connectivity index (χ4v) is 4.67. The maximum absolute atomic E-state index is 13.3. The van der Waals surface area contributed by atoms with Crippen LogP contribution in [0.5, 0.6) is 11.5 Å². The summed E-state index contributed by atoms with van der Waals surface area (Å²) in [6.45, 7) is 0. The van der Waals surface area contributed by atoms with E-state index in [1.165, 1.54) is 12.1 Å². The second-order valence-electron chi connectivity index (χ2n) is 8.30. The lowest BCUT2D eigenvalue weighted by molar-refractivity contribution is -0.112. The van der Waals surface area contributed by atoms with Gasteiger partial charge in [0.25, 0.3) is 5.91 Å². The molecule has 1 saturated carbocycles. The van der Waals surface area contributed by atoms with Crippen molar-refractivity contribution in [2.24, 2.45) is 5.10 Å². The molecule has 1 fully saturated rings. The van der Waals surface area contributed by atoms with E-state index >= 15 is 0 Å². The third-order valence-electron chi connectivity index (χ3n) is 6.20. The smallest absolute Gasteiger partial charge is 0.505 e. The van der Waals surface area contributed by atoms with Crippen LogP contribution < -0.4 is 15.1 Å². The molecule has 0 saturated heterocycles. The van der Waals surface area contributed by atoms with Gasteiger partial charge in [0.05, 0.1) is 11.4 Å². The molecule has 1 amide bonds. The van der Waals surface area contributed by atoms with Crippen molar-refractivity contribution in [2.45, 2.75) is 31.7 Å². The number of carbonyl (C=O) groups is 2. The van der Waals surface area contributed by atoms with Gasteiger partial charge < -0.3 is 19.8 Å². The fourth-order valence-electron chi connectivity index (χ4n) is 4.67. The number of carboxylic acid groups (broad SMARTS) is 1. The summed E-state index contributed by atoms with van der Waals surface area (Å²) in [6, 6.07) is 19.3. The van der Waals surface area contributed by atoms with Crippen LogP contribution in [0.25, 0.3) is 11.1 Å². The van der Waals surface area contributed by atoms with Crippen molar-refractivity contribution in [3.05, 3.63) is 72.3 Å². The number of hydrazone groups is 1. The number of hydrogen-bond donors (Lipinski definition) is 3. The normalized spacial score (nSPS) is 16.6. The highest BCUT2D eigenvalue weighted by Crippen LogP contribution is 2.38. The average Bonchev–Trinajstić information content (AvgIpc) is 3.44. The van der Waals surface area contributed by atoms with Gasteiger partial charge >= 0.3 is 6.16 Å². The first kappa shape index (κ1) is 21.5. The van der Waals surface area contributed by atoms with Crippen molar-refractivity contribution in [3.8, 4) is 22.6 Å². The van der Waals surface area contributed by atoms with E-state index in [4.69, 9.17) is 9.84 Å². The largest absolute Gasteiger partial charge is 0.511 e. The first-order valence-electron chi connectivity index (χ1n) is 11.1. The lowest BCUT2D eigenvalue weighted by Crippen LogP contribution is -2.38. The molecule has 1 aliphatic heterocycles. The number of nitrogens with zero attached hydrogens (tertiary/aromatic N) is 2. The molecule has 0 radical (unpaired) electrons. The first-order chi connectivity index (χ1) is 16.5. The Kier molecular flexibility index (Phi) is 5.63. The number of fused-ring (bicyclic) bond motifs is 1. The van der Waals surface area contributed by atoms with Crippen LogP contribution in [0.2, 0.25) is 0 Å². The van der Waals surface area contributed by atoms with Gasteiger partial charge in [0.15, 0.2) is 5.71 Å². The summed E-state index contributed by atoms with van der Waals surface area (Å²) in [5.74, 6) is -0.0800. The Labute approximate surface area is 196 Å². The van der Waals surface area contributed by atoms with Gasteiger partial charge in [-0.1, -0.05) is 55.3 Å². The second-order valence-corrected chi connectivity index (χ2v) is 8.30. The highest BCUT2D eigenvalue weighted by molar-refractivity contribution is 6.54. The van der Waals surface area contributed by atoms with Crippen molar-refractivity contribution in [3.63, 3.8) is 0 Å². The Morgan fingerprint density at radius 1 is 1.00 bits per heavy atom. The summed E-state index contributed by atoms with van der Waals surface area (Å²) in [4.78, 5) is 26.0. The lowest BCUT2D eigenvalue weighted by Gasteiger charge is -2.24. The van der Waals surface area contributed by atoms with Crippen LogP contribution in [0, 0.1) is 0 Å². The van der Waals surface area contributed by atoms with E-state index in [0.717, 1.165) is 36.9 Å². The zero-order valence-corrected chi connectivity index (χ0v) is 18.3. The average molecular weight is 457 g/mol. The van der Waals surface area contributed by atoms with E-state index < -0.39 is 6.16 Å². The number of amides is 1. The molecule has 0 atom stereocenters. The molecule has 0 unspecified atom stereocenters. The van der Waals surface area contributed by atoms with E-state index in [1.807, 2.05) is 29.2 Å². The zero-order valence-electron chi connectivity index (χ0n) is 18.3. The summed E-state index contributed by atoms with van der Waals surface area (Å²) in [5.41, 5.74) is 6.16. The molecule has 0 aromatic heterocycles. The Balaban J connectivity index is 1.45. The van der Waals surface area contributed by atoms with Gasteiger partial charge in [-0.05, 0) is 42.7 Å². The van der Waals surface area contributed by atoms with E-state index in [1.54, 1.807) is 30.3 Å². The van der Waals surface area contributed by atoms with Gasteiger partial charge in [0.1, 0.15) is 11.5 Å². The fraction of sp³-hybridized carbons (Fsp3) is 0.192. The maximum Gasteiger partial charge on any atom is 0.511 e. The lowest BCUT2D eigenvalue weighted by atomic mass is 10.0. The minimum absolute atomic E-state index is 0.0781. The van der Waals surface area contributed by atoms with Gasteiger partial charge in [-0.3, -0.25) is 10.2 Å². The van der Waals surface area contributed by atoms with Crippen molar-refractivity contribution >= 4 is 29.1 Å². The minimum Gasteiger partial charge on any atom is -0.505 e. The Morgan fingerprint density at radius 2 is 1.74 bits per heavy atom. The molecule has 172 valence electrons. The molecule has 3 aromatic carbocycles. The molecule has 34 heavy (non-hydrogen) atoms. The summed E-state index contributed by atoms with van der Waals surface area (Å²) >= 11 is 0. The van der Waals surface area contributed by atoms with Crippen LogP contribution in [0.1, 0.15) is 31.2 Å². The Morgan fingerprint density at radius 3 is 2.53 bits per heavy atom. The minimum atomic E-state index is -1.42. The van der Waals surface area contributed by atoms with Crippen LogP contribution in [-0.4, -0.2) is 34.0 Å². The number of ether oxygens (including phenoxy) is 1. The van der Waals surface area contributed by atoms with Gasteiger partial charge in [-0.2, -0.15) is 5.10 Å². The third-order valence-corrected chi connectivity index (χ3v) is 6.20. The number of phenols is 1. The van der Waals surface area contributed by atoms with Crippen LogP contribution in [0.3, 0.4) is 0 Å². The molecule has 5 rings (SSSR count).